The normalized spacial score (nSPS) is 17.0. The summed E-state index contributed by atoms with van der Waals surface area (Å²) in [7, 11) is 0. The van der Waals surface area contributed by atoms with Gasteiger partial charge >= 0.3 is 5.97 Å². The number of aryl methyl sites for hydroxylation is 1. The van der Waals surface area contributed by atoms with E-state index in [2.05, 4.69) is 12.2 Å². The maximum atomic E-state index is 12.7. The summed E-state index contributed by atoms with van der Waals surface area (Å²) in [6.07, 6.45) is 2.41. The molecule has 1 heterocycles. The van der Waals surface area contributed by atoms with Crippen LogP contribution in [-0.2, 0) is 20.7 Å². The lowest BCUT2D eigenvalue weighted by Gasteiger charge is -2.16. The summed E-state index contributed by atoms with van der Waals surface area (Å²) in [5.74, 6) is -0.0508. The van der Waals surface area contributed by atoms with Gasteiger partial charge in [-0.2, -0.15) is 0 Å². The molecule has 0 aliphatic carbocycles. The van der Waals surface area contributed by atoms with Crippen LogP contribution in [0.25, 0.3) is 0 Å². The topological polar surface area (TPSA) is 64.6 Å². The lowest BCUT2D eigenvalue weighted by Crippen LogP contribution is -2.30. The maximum absolute atomic E-state index is 12.7. The third kappa shape index (κ3) is 6.08. The Labute approximate surface area is 176 Å². The minimum absolute atomic E-state index is 0.230. The van der Waals surface area contributed by atoms with Crippen LogP contribution < -0.4 is 5.32 Å². The maximum Gasteiger partial charge on any atom is 0.340 e. The summed E-state index contributed by atoms with van der Waals surface area (Å²) in [6, 6.07) is 15.0. The van der Waals surface area contributed by atoms with E-state index in [-0.39, 0.29) is 12.0 Å². The van der Waals surface area contributed by atoms with Gasteiger partial charge in [-0.15, -0.1) is 11.8 Å². The number of benzene rings is 2. The second-order valence-electron chi connectivity index (χ2n) is 7.03. The van der Waals surface area contributed by atoms with Crippen LogP contribution in [0.5, 0.6) is 0 Å². The molecule has 0 unspecified atom stereocenters. The number of carbonyl (C=O) groups excluding carboxylic acids is 2. The van der Waals surface area contributed by atoms with Gasteiger partial charge in [0, 0.05) is 22.9 Å². The van der Waals surface area contributed by atoms with Crippen molar-refractivity contribution in [2.75, 3.05) is 17.7 Å². The number of rotatable bonds is 8. The van der Waals surface area contributed by atoms with Gasteiger partial charge in [0.1, 0.15) is 0 Å². The molecule has 3 rings (SSSR count). The lowest BCUT2D eigenvalue weighted by molar-refractivity contribution is -0.123. The van der Waals surface area contributed by atoms with Crippen LogP contribution in [0.2, 0.25) is 0 Å². The number of amides is 1. The van der Waals surface area contributed by atoms with E-state index in [0.717, 1.165) is 36.5 Å². The predicted octanol–water partition coefficient (Wildman–Crippen LogP) is 4.70. The highest BCUT2D eigenvalue weighted by Crippen LogP contribution is 2.27. The average Bonchev–Trinajstić information content (AvgIpc) is 3.26. The van der Waals surface area contributed by atoms with E-state index in [0.29, 0.717) is 11.3 Å². The molecule has 2 atom stereocenters. The van der Waals surface area contributed by atoms with Crippen LogP contribution in [0.3, 0.4) is 0 Å². The van der Waals surface area contributed by atoms with Crippen molar-refractivity contribution in [1.82, 2.24) is 0 Å². The summed E-state index contributed by atoms with van der Waals surface area (Å²) in [6.45, 7) is 4.46. The fourth-order valence-electron chi connectivity index (χ4n) is 3.06. The largest absolute Gasteiger partial charge is 0.449 e. The van der Waals surface area contributed by atoms with Gasteiger partial charge in [-0.3, -0.25) is 4.79 Å². The summed E-state index contributed by atoms with van der Waals surface area (Å²) in [5, 5.41) is 2.79. The number of nitrogens with one attached hydrogen (secondary N) is 1. The minimum atomic E-state index is -0.899. The Balaban J connectivity index is 1.57. The predicted molar refractivity (Wildman–Crippen MR) is 115 cm³/mol. The zero-order valence-electron chi connectivity index (χ0n) is 16.9. The fraction of sp³-hybridized carbons (Fsp3) is 0.391. The molecule has 0 radical (unpaired) electrons. The number of ether oxygens (including phenoxy) is 2. The number of hydrogen-bond acceptors (Lipinski definition) is 5. The molecule has 2 aromatic rings. The zero-order chi connectivity index (χ0) is 20.6. The number of carbonyl (C=O) groups is 2. The van der Waals surface area contributed by atoms with E-state index in [4.69, 9.17) is 9.47 Å². The first kappa shape index (κ1) is 21.4. The Bertz CT molecular complexity index is 831. The highest BCUT2D eigenvalue weighted by atomic mass is 32.2. The summed E-state index contributed by atoms with van der Waals surface area (Å²) < 4.78 is 11.1. The highest BCUT2D eigenvalue weighted by molar-refractivity contribution is 7.99. The van der Waals surface area contributed by atoms with E-state index in [1.54, 1.807) is 30.8 Å². The second-order valence-corrected chi connectivity index (χ2v) is 8.09. The Morgan fingerprint density at radius 1 is 1.21 bits per heavy atom. The molecule has 1 saturated heterocycles. The molecule has 29 heavy (non-hydrogen) atoms. The van der Waals surface area contributed by atoms with Gasteiger partial charge in [0.25, 0.3) is 5.91 Å². The van der Waals surface area contributed by atoms with Gasteiger partial charge in [0.05, 0.1) is 11.7 Å². The molecule has 2 aromatic carbocycles. The standard InChI is InChI=1S/C23H27NO4S/c1-3-17-10-12-18(13-11-17)24-22(25)16(2)28-23(26)20-8-4-5-9-21(20)29-15-19-7-6-14-27-19/h4-5,8-13,16,19H,3,6-7,14-15H2,1-2H3,(H,24,25)/t16-,19-/m1/s1. The van der Waals surface area contributed by atoms with Gasteiger partial charge in [-0.25, -0.2) is 4.79 Å². The van der Waals surface area contributed by atoms with Gasteiger partial charge in [0.2, 0.25) is 0 Å². The number of thioether (sulfide) groups is 1. The molecule has 0 spiro atoms. The van der Waals surface area contributed by atoms with E-state index >= 15 is 0 Å². The van der Waals surface area contributed by atoms with E-state index < -0.39 is 12.1 Å². The molecule has 1 amide bonds. The first-order chi connectivity index (χ1) is 14.1. The lowest BCUT2D eigenvalue weighted by atomic mass is 10.1. The molecule has 1 aliphatic rings. The second kappa shape index (κ2) is 10.5. The zero-order valence-corrected chi connectivity index (χ0v) is 17.7. The van der Waals surface area contributed by atoms with Gasteiger partial charge in [-0.05, 0) is 56.0 Å². The molecule has 5 nitrogen and oxygen atoms in total. The van der Waals surface area contributed by atoms with Gasteiger partial charge < -0.3 is 14.8 Å². The molecule has 1 N–H and O–H groups in total. The van der Waals surface area contributed by atoms with Gasteiger partial charge in [-0.1, -0.05) is 31.2 Å². The highest BCUT2D eigenvalue weighted by Gasteiger charge is 2.22. The van der Waals surface area contributed by atoms with Crippen molar-refractivity contribution in [3.8, 4) is 0 Å². The quantitative estimate of drug-likeness (QED) is 0.502. The van der Waals surface area contributed by atoms with Crippen LogP contribution in [0.15, 0.2) is 53.4 Å². The third-order valence-corrected chi connectivity index (χ3v) is 6.04. The fourth-order valence-corrected chi connectivity index (χ4v) is 4.17. The first-order valence-corrected chi connectivity index (χ1v) is 11.0. The van der Waals surface area contributed by atoms with E-state index in [9.17, 15) is 9.59 Å². The van der Waals surface area contributed by atoms with E-state index in [1.165, 1.54) is 5.56 Å². The molecular formula is C23H27NO4S. The van der Waals surface area contributed by atoms with Crippen molar-refractivity contribution in [3.63, 3.8) is 0 Å². The Morgan fingerprint density at radius 2 is 1.97 bits per heavy atom. The van der Waals surface area contributed by atoms with Crippen molar-refractivity contribution in [2.45, 2.75) is 50.2 Å². The molecule has 0 bridgehead atoms. The van der Waals surface area contributed by atoms with Crippen molar-refractivity contribution in [2.24, 2.45) is 0 Å². The summed E-state index contributed by atoms with van der Waals surface area (Å²) >= 11 is 1.59. The summed E-state index contributed by atoms with van der Waals surface area (Å²) in [4.78, 5) is 25.9. The minimum Gasteiger partial charge on any atom is -0.449 e. The third-order valence-electron chi connectivity index (χ3n) is 4.84. The smallest absolute Gasteiger partial charge is 0.340 e. The molecular weight excluding hydrogens is 386 g/mol. The van der Waals surface area contributed by atoms with Gasteiger partial charge in [0.15, 0.2) is 6.10 Å². The summed E-state index contributed by atoms with van der Waals surface area (Å²) in [5.41, 5.74) is 2.35. The van der Waals surface area contributed by atoms with Crippen molar-refractivity contribution in [3.05, 3.63) is 59.7 Å². The van der Waals surface area contributed by atoms with Crippen molar-refractivity contribution in [1.29, 1.82) is 0 Å². The Morgan fingerprint density at radius 3 is 2.66 bits per heavy atom. The monoisotopic (exact) mass is 413 g/mol. The Hall–Kier alpha value is -2.31. The number of anilines is 1. The SMILES string of the molecule is CCc1ccc(NC(=O)[C@@H](C)OC(=O)c2ccccc2SC[C@H]2CCCO2)cc1. The molecule has 0 saturated carbocycles. The van der Waals surface area contributed by atoms with Crippen LogP contribution in [0, 0.1) is 0 Å². The van der Waals surface area contributed by atoms with Crippen molar-refractivity contribution < 1.29 is 19.1 Å². The molecule has 6 heteroatoms. The average molecular weight is 414 g/mol. The molecule has 154 valence electrons. The first-order valence-electron chi connectivity index (χ1n) is 10.0. The number of esters is 1. The van der Waals surface area contributed by atoms with Crippen LogP contribution >= 0.6 is 11.8 Å². The van der Waals surface area contributed by atoms with Crippen LogP contribution in [-0.4, -0.2) is 36.4 Å². The molecule has 1 aliphatic heterocycles. The molecule has 0 aromatic heterocycles. The number of hydrogen-bond donors (Lipinski definition) is 1. The van der Waals surface area contributed by atoms with Crippen molar-refractivity contribution >= 4 is 29.3 Å². The van der Waals surface area contributed by atoms with E-state index in [1.807, 2.05) is 36.4 Å². The Kier molecular flexibility index (Phi) is 7.72. The molecule has 1 fully saturated rings. The van der Waals surface area contributed by atoms with Crippen LogP contribution in [0.4, 0.5) is 5.69 Å². The van der Waals surface area contributed by atoms with Crippen LogP contribution in [0.1, 0.15) is 42.6 Å².